The molecule has 6 nitrogen and oxygen atoms in total. The largest absolute Gasteiger partial charge is 0.495 e. The third kappa shape index (κ3) is 4.80. The van der Waals surface area contributed by atoms with Crippen molar-refractivity contribution in [2.24, 2.45) is 0 Å². The number of ether oxygens (including phenoxy) is 1. The summed E-state index contributed by atoms with van der Waals surface area (Å²) in [6, 6.07) is 12.6. The summed E-state index contributed by atoms with van der Waals surface area (Å²) in [4.78, 5) is 12.7. The van der Waals surface area contributed by atoms with E-state index < -0.39 is 0 Å². The molecule has 2 aromatic carbocycles. The molecule has 32 heavy (non-hydrogen) atoms. The van der Waals surface area contributed by atoms with Crippen LogP contribution in [0.4, 0.5) is 10.1 Å². The van der Waals surface area contributed by atoms with E-state index in [9.17, 15) is 9.18 Å². The smallest absolute Gasteiger partial charge is 0.234 e. The second-order valence-corrected chi connectivity index (χ2v) is 9.83. The van der Waals surface area contributed by atoms with E-state index in [1.54, 1.807) is 25.3 Å². The Hall–Kier alpha value is -2.87. The molecule has 0 atom stereocenters. The van der Waals surface area contributed by atoms with Gasteiger partial charge >= 0.3 is 0 Å². The van der Waals surface area contributed by atoms with Crippen LogP contribution >= 0.6 is 11.8 Å². The molecule has 0 unspecified atom stereocenters. The Morgan fingerprint density at radius 3 is 2.62 bits per heavy atom. The van der Waals surface area contributed by atoms with Crippen LogP contribution in [0.3, 0.4) is 0 Å². The zero-order valence-electron chi connectivity index (χ0n) is 18.7. The Morgan fingerprint density at radius 2 is 1.97 bits per heavy atom. The predicted octanol–water partition coefficient (Wildman–Crippen LogP) is 5.46. The summed E-state index contributed by atoms with van der Waals surface area (Å²) in [5.74, 6) is 0.775. The zero-order valence-corrected chi connectivity index (χ0v) is 19.5. The number of aromatic nitrogens is 3. The van der Waals surface area contributed by atoms with Gasteiger partial charge in [-0.1, -0.05) is 50.7 Å². The van der Waals surface area contributed by atoms with Gasteiger partial charge in [-0.2, -0.15) is 0 Å². The lowest BCUT2D eigenvalue weighted by Crippen LogP contribution is -2.17. The lowest BCUT2D eigenvalue weighted by molar-refractivity contribution is -0.113. The molecule has 1 heterocycles. The van der Waals surface area contributed by atoms with Gasteiger partial charge in [-0.05, 0) is 48.1 Å². The summed E-state index contributed by atoms with van der Waals surface area (Å²) in [5, 5.41) is 12.1. The average molecular weight is 455 g/mol. The van der Waals surface area contributed by atoms with Crippen molar-refractivity contribution in [3.63, 3.8) is 0 Å². The van der Waals surface area contributed by atoms with Gasteiger partial charge in [0.2, 0.25) is 5.91 Å². The first-order valence-electron chi connectivity index (χ1n) is 10.6. The quantitative estimate of drug-likeness (QED) is 0.481. The van der Waals surface area contributed by atoms with Crippen LogP contribution in [0.15, 0.2) is 47.6 Å². The van der Waals surface area contributed by atoms with E-state index in [0.717, 1.165) is 18.4 Å². The number of nitrogens with zero attached hydrogens (tertiary/aromatic N) is 3. The van der Waals surface area contributed by atoms with Crippen molar-refractivity contribution >= 4 is 23.4 Å². The van der Waals surface area contributed by atoms with Crippen LogP contribution in [0.1, 0.15) is 45.2 Å². The second-order valence-electron chi connectivity index (χ2n) is 8.89. The molecular formula is C24H27FN4O2S. The molecule has 0 radical (unpaired) electrons. The normalized spacial score (nSPS) is 13.8. The minimum atomic E-state index is -0.332. The third-order valence-electron chi connectivity index (χ3n) is 5.36. The number of hydrogen-bond acceptors (Lipinski definition) is 5. The molecule has 0 spiro atoms. The van der Waals surface area contributed by atoms with Crippen molar-refractivity contribution in [2.75, 3.05) is 18.2 Å². The van der Waals surface area contributed by atoms with Gasteiger partial charge in [0, 0.05) is 6.04 Å². The van der Waals surface area contributed by atoms with Gasteiger partial charge in [-0.15, -0.1) is 10.2 Å². The summed E-state index contributed by atoms with van der Waals surface area (Å²) in [7, 11) is 1.58. The van der Waals surface area contributed by atoms with E-state index in [4.69, 9.17) is 4.74 Å². The van der Waals surface area contributed by atoms with Crippen molar-refractivity contribution in [2.45, 2.75) is 50.2 Å². The van der Waals surface area contributed by atoms with Crippen LogP contribution in [0.2, 0.25) is 0 Å². The Kier molecular flexibility index (Phi) is 6.24. The molecule has 168 valence electrons. The van der Waals surface area contributed by atoms with Gasteiger partial charge < -0.3 is 10.1 Å². The monoisotopic (exact) mass is 454 g/mol. The predicted molar refractivity (Wildman–Crippen MR) is 125 cm³/mol. The van der Waals surface area contributed by atoms with Crippen molar-refractivity contribution in [1.82, 2.24) is 14.8 Å². The lowest BCUT2D eigenvalue weighted by atomic mass is 9.87. The van der Waals surface area contributed by atoms with E-state index in [-0.39, 0.29) is 28.9 Å². The maximum Gasteiger partial charge on any atom is 0.234 e. The molecule has 1 saturated carbocycles. The molecule has 0 aliphatic heterocycles. The fraction of sp³-hybridized carbons (Fsp3) is 0.375. The molecule has 1 fully saturated rings. The van der Waals surface area contributed by atoms with E-state index in [1.165, 1.54) is 17.8 Å². The number of hydrogen-bond donors (Lipinski definition) is 1. The van der Waals surface area contributed by atoms with Crippen LogP contribution in [-0.4, -0.2) is 33.5 Å². The maximum absolute atomic E-state index is 14.3. The highest BCUT2D eigenvalue weighted by atomic mass is 32.2. The summed E-state index contributed by atoms with van der Waals surface area (Å²) in [5.41, 5.74) is 2.11. The van der Waals surface area contributed by atoms with E-state index in [2.05, 4.69) is 36.3 Å². The summed E-state index contributed by atoms with van der Waals surface area (Å²) >= 11 is 1.30. The van der Waals surface area contributed by atoms with Crippen LogP contribution in [0, 0.1) is 5.82 Å². The zero-order chi connectivity index (χ0) is 22.9. The highest BCUT2D eigenvalue weighted by molar-refractivity contribution is 7.99. The molecule has 0 bridgehead atoms. The molecule has 0 saturated heterocycles. The SMILES string of the molecule is COc1ccc(C(C)(C)C)cc1NC(=O)CSc1nnc(-c2ccccc2F)n1C1CC1. The fourth-order valence-electron chi connectivity index (χ4n) is 3.45. The first-order valence-corrected chi connectivity index (χ1v) is 11.6. The minimum absolute atomic E-state index is 0.0513. The van der Waals surface area contributed by atoms with Crippen LogP contribution in [-0.2, 0) is 10.2 Å². The molecule has 8 heteroatoms. The number of thioether (sulfide) groups is 1. The highest BCUT2D eigenvalue weighted by Crippen LogP contribution is 2.41. The van der Waals surface area contributed by atoms with E-state index in [1.807, 2.05) is 22.8 Å². The topological polar surface area (TPSA) is 69.0 Å². The van der Waals surface area contributed by atoms with E-state index >= 15 is 0 Å². The van der Waals surface area contributed by atoms with Crippen molar-refractivity contribution in [3.8, 4) is 17.1 Å². The van der Waals surface area contributed by atoms with Gasteiger partial charge in [0.1, 0.15) is 11.6 Å². The third-order valence-corrected chi connectivity index (χ3v) is 6.31. The van der Waals surface area contributed by atoms with Gasteiger partial charge in [-0.25, -0.2) is 4.39 Å². The summed E-state index contributed by atoms with van der Waals surface area (Å²) in [6.07, 6.45) is 1.99. The number of benzene rings is 2. The highest BCUT2D eigenvalue weighted by Gasteiger charge is 2.31. The average Bonchev–Trinajstić information content (AvgIpc) is 3.51. The first kappa shape index (κ1) is 22.3. The Bertz CT molecular complexity index is 1140. The van der Waals surface area contributed by atoms with Crippen LogP contribution < -0.4 is 10.1 Å². The molecule has 1 N–H and O–H groups in total. The second kappa shape index (κ2) is 8.94. The Morgan fingerprint density at radius 1 is 1.22 bits per heavy atom. The minimum Gasteiger partial charge on any atom is -0.495 e. The van der Waals surface area contributed by atoms with E-state index in [0.29, 0.717) is 28.0 Å². The molecule has 4 rings (SSSR count). The van der Waals surface area contributed by atoms with Crippen molar-refractivity contribution < 1.29 is 13.9 Å². The molecular weight excluding hydrogens is 427 g/mol. The number of amides is 1. The Labute approximate surface area is 191 Å². The Balaban J connectivity index is 1.50. The summed E-state index contributed by atoms with van der Waals surface area (Å²) < 4.78 is 21.7. The van der Waals surface area contributed by atoms with Gasteiger partial charge in [0.25, 0.3) is 0 Å². The lowest BCUT2D eigenvalue weighted by Gasteiger charge is -2.21. The maximum atomic E-state index is 14.3. The van der Waals surface area contributed by atoms with Crippen LogP contribution in [0.5, 0.6) is 5.75 Å². The number of nitrogens with one attached hydrogen (secondary N) is 1. The number of methoxy groups -OCH3 is 1. The number of carbonyl (C=O) groups excluding carboxylic acids is 1. The standard InChI is InChI=1S/C24H27FN4O2S/c1-24(2,3)15-9-12-20(31-4)19(13-15)26-21(30)14-32-23-28-27-22(29(23)16-10-11-16)17-7-5-6-8-18(17)25/h5-9,12-13,16H,10-11,14H2,1-4H3,(H,26,30). The molecule has 1 aliphatic rings. The van der Waals surface area contributed by atoms with Crippen LogP contribution in [0.25, 0.3) is 11.4 Å². The number of rotatable bonds is 7. The summed E-state index contributed by atoms with van der Waals surface area (Å²) in [6.45, 7) is 6.36. The first-order chi connectivity index (χ1) is 15.3. The van der Waals surface area contributed by atoms with Crippen molar-refractivity contribution in [1.29, 1.82) is 0 Å². The number of halogens is 1. The van der Waals surface area contributed by atoms with Gasteiger partial charge in [0.05, 0.1) is 24.1 Å². The molecule has 1 aromatic heterocycles. The molecule has 3 aromatic rings. The van der Waals surface area contributed by atoms with Crippen molar-refractivity contribution in [3.05, 3.63) is 53.8 Å². The number of carbonyl (C=O) groups is 1. The molecule has 1 aliphatic carbocycles. The molecule has 1 amide bonds. The number of anilines is 1. The van der Waals surface area contributed by atoms with Gasteiger partial charge in [0.15, 0.2) is 11.0 Å². The van der Waals surface area contributed by atoms with Gasteiger partial charge in [-0.3, -0.25) is 9.36 Å². The fourth-order valence-corrected chi connectivity index (χ4v) is 4.26.